The van der Waals surface area contributed by atoms with E-state index in [2.05, 4.69) is 15.2 Å². The van der Waals surface area contributed by atoms with E-state index in [9.17, 15) is 4.79 Å². The fraction of sp³-hybridized carbons (Fsp3) is 0.538. The van der Waals surface area contributed by atoms with E-state index >= 15 is 0 Å². The normalized spacial score (nSPS) is 16.3. The maximum atomic E-state index is 10.9. The molecular formula is C13H18ClN3O2. The highest BCUT2D eigenvalue weighted by atomic mass is 35.5. The number of aromatic nitrogens is 1. The minimum atomic E-state index is -1.04. The second kappa shape index (κ2) is 6.73. The molecule has 0 spiro atoms. The van der Waals surface area contributed by atoms with Crippen molar-refractivity contribution in [2.24, 2.45) is 0 Å². The molecule has 2 heterocycles. The van der Waals surface area contributed by atoms with E-state index in [4.69, 9.17) is 16.7 Å². The molecule has 1 aromatic heterocycles. The summed E-state index contributed by atoms with van der Waals surface area (Å²) >= 11 is 5.77. The van der Waals surface area contributed by atoms with Crippen LogP contribution in [-0.4, -0.2) is 47.1 Å². The predicted octanol–water partition coefficient (Wildman–Crippen LogP) is 2.33. The number of piperidine rings is 1. The summed E-state index contributed by atoms with van der Waals surface area (Å²) < 4.78 is 0. The summed E-state index contributed by atoms with van der Waals surface area (Å²) in [6, 6.07) is 1.47. The van der Waals surface area contributed by atoms with Gasteiger partial charge in [0.2, 0.25) is 0 Å². The summed E-state index contributed by atoms with van der Waals surface area (Å²) in [5.74, 6) is -0.481. The van der Waals surface area contributed by atoms with E-state index in [-0.39, 0.29) is 10.6 Å². The lowest BCUT2D eigenvalue weighted by Gasteiger charge is -2.26. The van der Waals surface area contributed by atoms with Crippen LogP contribution in [0, 0.1) is 0 Å². The molecule has 0 unspecified atom stereocenters. The van der Waals surface area contributed by atoms with Gasteiger partial charge in [-0.3, -0.25) is 0 Å². The average molecular weight is 284 g/mol. The number of pyridine rings is 1. The number of nitrogens with zero attached hydrogens (tertiary/aromatic N) is 2. The van der Waals surface area contributed by atoms with Crippen molar-refractivity contribution in [3.05, 3.63) is 22.8 Å². The van der Waals surface area contributed by atoms with Crippen LogP contribution < -0.4 is 5.32 Å². The number of carboxylic acids is 1. The SMILES string of the molecule is O=C(O)c1cc(NCCN2CCCCC2)ncc1Cl. The van der Waals surface area contributed by atoms with Gasteiger partial charge in [0, 0.05) is 19.3 Å². The van der Waals surface area contributed by atoms with Gasteiger partial charge in [-0.1, -0.05) is 18.0 Å². The summed E-state index contributed by atoms with van der Waals surface area (Å²) in [6.07, 6.45) is 5.23. The van der Waals surface area contributed by atoms with Crippen molar-refractivity contribution in [2.45, 2.75) is 19.3 Å². The van der Waals surface area contributed by atoms with Crippen molar-refractivity contribution in [2.75, 3.05) is 31.5 Å². The van der Waals surface area contributed by atoms with Crippen molar-refractivity contribution in [1.29, 1.82) is 0 Å². The molecule has 0 aliphatic carbocycles. The molecule has 0 amide bonds. The Kier molecular flexibility index (Phi) is 4.99. The first-order valence-electron chi connectivity index (χ1n) is 6.52. The molecule has 0 aromatic carbocycles. The predicted molar refractivity (Wildman–Crippen MR) is 75.0 cm³/mol. The number of aromatic carboxylic acids is 1. The van der Waals surface area contributed by atoms with Gasteiger partial charge in [0.25, 0.3) is 0 Å². The molecular weight excluding hydrogens is 266 g/mol. The van der Waals surface area contributed by atoms with Crippen LogP contribution in [0.15, 0.2) is 12.3 Å². The van der Waals surface area contributed by atoms with Crippen LogP contribution in [0.25, 0.3) is 0 Å². The summed E-state index contributed by atoms with van der Waals surface area (Å²) in [4.78, 5) is 17.4. The third-order valence-corrected chi connectivity index (χ3v) is 3.57. The molecule has 1 aromatic rings. The van der Waals surface area contributed by atoms with E-state index in [0.717, 1.165) is 26.2 Å². The Morgan fingerprint density at radius 2 is 2.16 bits per heavy atom. The molecule has 1 aliphatic rings. The Hall–Kier alpha value is -1.33. The zero-order valence-corrected chi connectivity index (χ0v) is 11.5. The summed E-state index contributed by atoms with van der Waals surface area (Å²) in [6.45, 7) is 4.01. The lowest BCUT2D eigenvalue weighted by Crippen LogP contribution is -2.33. The number of hydrogen-bond donors (Lipinski definition) is 2. The molecule has 1 fully saturated rings. The lowest BCUT2D eigenvalue weighted by atomic mass is 10.1. The Morgan fingerprint density at radius 3 is 2.84 bits per heavy atom. The number of hydrogen-bond acceptors (Lipinski definition) is 4. The zero-order valence-electron chi connectivity index (χ0n) is 10.7. The van der Waals surface area contributed by atoms with Crippen LogP contribution in [0.1, 0.15) is 29.6 Å². The minimum Gasteiger partial charge on any atom is -0.478 e. The van der Waals surface area contributed by atoms with Gasteiger partial charge in [0.1, 0.15) is 5.82 Å². The van der Waals surface area contributed by atoms with Gasteiger partial charge < -0.3 is 15.3 Å². The summed E-state index contributed by atoms with van der Waals surface area (Å²) in [7, 11) is 0. The van der Waals surface area contributed by atoms with Crippen LogP contribution in [0.4, 0.5) is 5.82 Å². The van der Waals surface area contributed by atoms with E-state index in [0.29, 0.717) is 5.82 Å². The molecule has 5 nitrogen and oxygen atoms in total. The van der Waals surface area contributed by atoms with E-state index in [1.54, 1.807) is 0 Å². The molecule has 0 radical (unpaired) electrons. The van der Waals surface area contributed by atoms with Crippen LogP contribution in [0.5, 0.6) is 0 Å². The second-order valence-electron chi connectivity index (χ2n) is 4.68. The van der Waals surface area contributed by atoms with E-state index in [1.807, 2.05) is 0 Å². The Labute approximate surface area is 117 Å². The number of carboxylic acid groups (broad SMARTS) is 1. The Morgan fingerprint density at radius 1 is 1.42 bits per heavy atom. The summed E-state index contributed by atoms with van der Waals surface area (Å²) in [5, 5.41) is 12.3. The van der Waals surface area contributed by atoms with Gasteiger partial charge in [0.05, 0.1) is 10.6 Å². The minimum absolute atomic E-state index is 0.0807. The first-order chi connectivity index (χ1) is 9.16. The number of likely N-dealkylation sites (tertiary alicyclic amines) is 1. The zero-order chi connectivity index (χ0) is 13.7. The number of nitrogens with one attached hydrogen (secondary N) is 1. The molecule has 2 N–H and O–H groups in total. The average Bonchev–Trinajstić information content (AvgIpc) is 2.41. The molecule has 0 bridgehead atoms. The molecule has 104 valence electrons. The number of rotatable bonds is 5. The smallest absolute Gasteiger partial charge is 0.337 e. The monoisotopic (exact) mass is 283 g/mol. The Balaban J connectivity index is 1.85. The maximum absolute atomic E-state index is 10.9. The first kappa shape index (κ1) is 14.1. The molecule has 1 saturated heterocycles. The van der Waals surface area contributed by atoms with Gasteiger partial charge in [-0.15, -0.1) is 0 Å². The van der Waals surface area contributed by atoms with Gasteiger partial charge in [-0.2, -0.15) is 0 Å². The highest BCUT2D eigenvalue weighted by Crippen LogP contribution is 2.17. The van der Waals surface area contributed by atoms with Crippen molar-refractivity contribution in [3.63, 3.8) is 0 Å². The van der Waals surface area contributed by atoms with Gasteiger partial charge in [-0.25, -0.2) is 9.78 Å². The van der Waals surface area contributed by atoms with Gasteiger partial charge in [-0.05, 0) is 32.0 Å². The lowest BCUT2D eigenvalue weighted by molar-refractivity contribution is 0.0697. The fourth-order valence-electron chi connectivity index (χ4n) is 2.22. The molecule has 0 saturated carbocycles. The highest BCUT2D eigenvalue weighted by molar-refractivity contribution is 6.33. The standard InChI is InChI=1S/C13H18ClN3O2/c14-11-9-16-12(8-10(11)13(18)19)15-4-7-17-5-2-1-3-6-17/h8-9H,1-7H2,(H,15,16)(H,18,19). The van der Waals surface area contributed by atoms with E-state index in [1.165, 1.54) is 31.5 Å². The molecule has 19 heavy (non-hydrogen) atoms. The van der Waals surface area contributed by atoms with Gasteiger partial charge >= 0.3 is 5.97 Å². The van der Waals surface area contributed by atoms with Crippen LogP contribution in [0.3, 0.4) is 0 Å². The summed E-state index contributed by atoms with van der Waals surface area (Å²) in [5.41, 5.74) is 0.0807. The van der Waals surface area contributed by atoms with Crippen LogP contribution in [-0.2, 0) is 0 Å². The number of anilines is 1. The van der Waals surface area contributed by atoms with Crippen LogP contribution >= 0.6 is 11.6 Å². The van der Waals surface area contributed by atoms with Gasteiger partial charge in [0.15, 0.2) is 0 Å². The molecule has 1 aliphatic heterocycles. The Bertz CT molecular complexity index is 448. The van der Waals surface area contributed by atoms with Crippen LogP contribution in [0.2, 0.25) is 5.02 Å². The molecule has 2 rings (SSSR count). The van der Waals surface area contributed by atoms with Crippen molar-refractivity contribution in [3.8, 4) is 0 Å². The third-order valence-electron chi connectivity index (χ3n) is 3.27. The first-order valence-corrected chi connectivity index (χ1v) is 6.89. The topological polar surface area (TPSA) is 65.5 Å². The molecule has 0 atom stereocenters. The van der Waals surface area contributed by atoms with Crippen molar-refractivity contribution in [1.82, 2.24) is 9.88 Å². The highest BCUT2D eigenvalue weighted by Gasteiger charge is 2.11. The third kappa shape index (κ3) is 4.08. The number of carbonyl (C=O) groups is 1. The van der Waals surface area contributed by atoms with Crippen molar-refractivity contribution < 1.29 is 9.90 Å². The quantitative estimate of drug-likeness (QED) is 0.868. The molecule has 6 heteroatoms. The van der Waals surface area contributed by atoms with Crippen molar-refractivity contribution >= 4 is 23.4 Å². The fourth-order valence-corrected chi connectivity index (χ4v) is 2.41. The number of halogens is 1. The maximum Gasteiger partial charge on any atom is 0.337 e. The largest absolute Gasteiger partial charge is 0.478 e. The van der Waals surface area contributed by atoms with E-state index < -0.39 is 5.97 Å². The second-order valence-corrected chi connectivity index (χ2v) is 5.09.